The van der Waals surface area contributed by atoms with Gasteiger partial charge in [-0.15, -0.1) is 0 Å². The molecule has 0 heterocycles. The average Bonchev–Trinajstić information content (AvgIpc) is 2.58. The van der Waals surface area contributed by atoms with Gasteiger partial charge in [-0.05, 0) is 48.4 Å². The maximum absolute atomic E-state index is 5.81. The van der Waals surface area contributed by atoms with Gasteiger partial charge in [-0.3, -0.25) is 0 Å². The van der Waals surface area contributed by atoms with Crippen molar-refractivity contribution in [3.8, 4) is 0 Å². The minimum absolute atomic E-state index is 0.792. The van der Waals surface area contributed by atoms with E-state index in [2.05, 4.69) is 71.6 Å². The van der Waals surface area contributed by atoms with Crippen molar-refractivity contribution >= 4 is 17.1 Å². The molecule has 0 saturated heterocycles. The van der Waals surface area contributed by atoms with Crippen LogP contribution in [0.2, 0.25) is 0 Å². The van der Waals surface area contributed by atoms with Crippen LogP contribution in [0.15, 0.2) is 84.9 Å². The zero-order valence-electron chi connectivity index (χ0n) is 12.5. The fraction of sp³-hybridized carbons (Fsp3) is 0.100. The summed E-state index contributed by atoms with van der Waals surface area (Å²) in [5.41, 5.74) is 10.3. The average molecular weight is 288 g/mol. The molecule has 3 aromatic rings. The third kappa shape index (κ3) is 3.47. The molecule has 0 spiro atoms. The van der Waals surface area contributed by atoms with Gasteiger partial charge in [-0.2, -0.15) is 0 Å². The summed E-state index contributed by atoms with van der Waals surface area (Å²) < 4.78 is 0. The van der Waals surface area contributed by atoms with Gasteiger partial charge in [-0.25, -0.2) is 0 Å². The number of para-hydroxylation sites is 1. The van der Waals surface area contributed by atoms with Crippen molar-refractivity contribution in [3.05, 3.63) is 90.5 Å². The Hall–Kier alpha value is -2.74. The summed E-state index contributed by atoms with van der Waals surface area (Å²) >= 11 is 0. The summed E-state index contributed by atoms with van der Waals surface area (Å²) in [7, 11) is 0. The van der Waals surface area contributed by atoms with E-state index in [1.54, 1.807) is 0 Å². The van der Waals surface area contributed by atoms with Crippen LogP contribution in [0.25, 0.3) is 0 Å². The molecule has 0 aliphatic heterocycles. The molecule has 0 radical (unpaired) electrons. The Morgan fingerprint density at radius 2 is 1.18 bits per heavy atom. The molecule has 0 bridgehead atoms. The molecule has 3 aromatic carbocycles. The first-order valence-corrected chi connectivity index (χ1v) is 7.55. The smallest absolute Gasteiger partial charge is 0.0412 e. The van der Waals surface area contributed by atoms with E-state index in [-0.39, 0.29) is 0 Å². The highest BCUT2D eigenvalue weighted by Gasteiger charge is 2.09. The van der Waals surface area contributed by atoms with Crippen LogP contribution in [0.5, 0.6) is 0 Å². The van der Waals surface area contributed by atoms with Crippen LogP contribution in [0.4, 0.5) is 17.1 Å². The summed E-state index contributed by atoms with van der Waals surface area (Å²) in [5, 5.41) is 0. The molecule has 3 rings (SSSR count). The third-order valence-corrected chi connectivity index (χ3v) is 3.74. The van der Waals surface area contributed by atoms with Gasteiger partial charge in [0.05, 0.1) is 0 Å². The summed E-state index contributed by atoms with van der Waals surface area (Å²) in [4.78, 5) is 2.33. The third-order valence-electron chi connectivity index (χ3n) is 3.74. The zero-order valence-corrected chi connectivity index (χ0v) is 12.5. The molecule has 0 atom stereocenters. The van der Waals surface area contributed by atoms with Crippen LogP contribution in [-0.4, -0.2) is 6.54 Å². The van der Waals surface area contributed by atoms with Crippen molar-refractivity contribution < 1.29 is 0 Å². The molecule has 0 aliphatic rings. The highest BCUT2D eigenvalue weighted by atomic mass is 15.1. The van der Waals surface area contributed by atoms with E-state index >= 15 is 0 Å². The topological polar surface area (TPSA) is 29.3 Å². The Labute approximate surface area is 131 Å². The second-order valence-electron chi connectivity index (χ2n) is 5.31. The van der Waals surface area contributed by atoms with Crippen molar-refractivity contribution in [2.75, 3.05) is 17.2 Å². The molecule has 0 saturated carbocycles. The van der Waals surface area contributed by atoms with Crippen molar-refractivity contribution in [2.24, 2.45) is 0 Å². The van der Waals surface area contributed by atoms with Crippen molar-refractivity contribution in [1.82, 2.24) is 0 Å². The second-order valence-corrected chi connectivity index (χ2v) is 5.31. The number of benzene rings is 3. The van der Waals surface area contributed by atoms with E-state index in [0.29, 0.717) is 0 Å². The van der Waals surface area contributed by atoms with E-state index in [9.17, 15) is 0 Å². The molecule has 0 aliphatic carbocycles. The Bertz CT molecular complexity index is 691. The van der Waals surface area contributed by atoms with Gasteiger partial charge in [0, 0.05) is 23.6 Å². The number of hydrogen-bond donors (Lipinski definition) is 1. The molecule has 2 nitrogen and oxygen atoms in total. The molecular weight excluding hydrogens is 268 g/mol. The van der Waals surface area contributed by atoms with Gasteiger partial charge in [0.25, 0.3) is 0 Å². The van der Waals surface area contributed by atoms with Gasteiger partial charge in [-0.1, -0.05) is 48.5 Å². The predicted octanol–water partition coefficient (Wildman–Crippen LogP) is 4.65. The minimum Gasteiger partial charge on any atom is -0.399 e. The molecule has 110 valence electrons. The lowest BCUT2D eigenvalue weighted by Crippen LogP contribution is -2.20. The van der Waals surface area contributed by atoms with Gasteiger partial charge >= 0.3 is 0 Å². The van der Waals surface area contributed by atoms with Gasteiger partial charge in [0.2, 0.25) is 0 Å². The Balaban J connectivity index is 1.85. The molecule has 2 N–H and O–H groups in total. The van der Waals surface area contributed by atoms with E-state index in [4.69, 9.17) is 5.73 Å². The number of anilines is 3. The highest BCUT2D eigenvalue weighted by Crippen LogP contribution is 2.26. The fourth-order valence-corrected chi connectivity index (χ4v) is 2.56. The van der Waals surface area contributed by atoms with Crippen LogP contribution < -0.4 is 10.6 Å². The van der Waals surface area contributed by atoms with Crippen LogP contribution >= 0.6 is 0 Å². The SMILES string of the molecule is Nc1ccc(N(CCc2ccccc2)c2ccccc2)cc1. The summed E-state index contributed by atoms with van der Waals surface area (Å²) in [6, 6.07) is 29.1. The summed E-state index contributed by atoms with van der Waals surface area (Å²) in [5.74, 6) is 0. The number of nitrogens with two attached hydrogens (primary N) is 1. The lowest BCUT2D eigenvalue weighted by molar-refractivity contribution is 0.914. The standard InChI is InChI=1S/C20H20N2/c21-18-11-13-20(14-12-18)22(19-9-5-2-6-10-19)16-15-17-7-3-1-4-8-17/h1-14H,15-16,21H2. The van der Waals surface area contributed by atoms with Gasteiger partial charge < -0.3 is 10.6 Å². The molecule has 0 fully saturated rings. The molecule has 0 unspecified atom stereocenters. The predicted molar refractivity (Wildman–Crippen MR) is 94.4 cm³/mol. The fourth-order valence-electron chi connectivity index (χ4n) is 2.56. The van der Waals surface area contributed by atoms with E-state index in [1.165, 1.54) is 11.3 Å². The van der Waals surface area contributed by atoms with Crippen molar-refractivity contribution in [2.45, 2.75) is 6.42 Å². The highest BCUT2D eigenvalue weighted by molar-refractivity contribution is 5.65. The second kappa shape index (κ2) is 6.81. The van der Waals surface area contributed by atoms with Crippen LogP contribution in [0.1, 0.15) is 5.56 Å². The first-order chi connectivity index (χ1) is 10.8. The Kier molecular flexibility index (Phi) is 4.40. The maximum Gasteiger partial charge on any atom is 0.0412 e. The van der Waals surface area contributed by atoms with Crippen LogP contribution in [0, 0.1) is 0 Å². The molecule has 2 heteroatoms. The molecular formula is C20H20N2. The molecule has 22 heavy (non-hydrogen) atoms. The first kappa shape index (κ1) is 14.2. The molecule has 0 aromatic heterocycles. The summed E-state index contributed by atoms with van der Waals surface area (Å²) in [6.45, 7) is 0.929. The van der Waals surface area contributed by atoms with Crippen LogP contribution in [0.3, 0.4) is 0 Å². The largest absolute Gasteiger partial charge is 0.399 e. The monoisotopic (exact) mass is 288 g/mol. The van der Waals surface area contributed by atoms with Crippen LogP contribution in [-0.2, 0) is 6.42 Å². The first-order valence-electron chi connectivity index (χ1n) is 7.55. The molecule has 0 amide bonds. The number of nitrogens with zero attached hydrogens (tertiary/aromatic N) is 1. The lowest BCUT2D eigenvalue weighted by Gasteiger charge is -2.25. The summed E-state index contributed by atoms with van der Waals surface area (Å²) in [6.07, 6.45) is 1.00. The normalized spacial score (nSPS) is 10.4. The lowest BCUT2D eigenvalue weighted by atomic mass is 10.1. The van der Waals surface area contributed by atoms with Gasteiger partial charge in [0.1, 0.15) is 0 Å². The number of rotatable bonds is 5. The Morgan fingerprint density at radius 1 is 0.636 bits per heavy atom. The Morgan fingerprint density at radius 3 is 1.82 bits per heavy atom. The minimum atomic E-state index is 0.792. The quantitative estimate of drug-likeness (QED) is 0.692. The van der Waals surface area contributed by atoms with E-state index < -0.39 is 0 Å². The van der Waals surface area contributed by atoms with Crippen molar-refractivity contribution in [1.29, 1.82) is 0 Å². The zero-order chi connectivity index (χ0) is 15.2. The number of hydrogen-bond acceptors (Lipinski definition) is 2. The van der Waals surface area contributed by atoms with E-state index in [0.717, 1.165) is 24.3 Å². The maximum atomic E-state index is 5.81. The van der Waals surface area contributed by atoms with Crippen molar-refractivity contribution in [3.63, 3.8) is 0 Å². The van der Waals surface area contributed by atoms with Gasteiger partial charge in [0.15, 0.2) is 0 Å². The van der Waals surface area contributed by atoms with E-state index in [1.807, 2.05) is 18.2 Å². The number of nitrogen functional groups attached to an aromatic ring is 1.